The van der Waals surface area contributed by atoms with Crippen LogP contribution in [0.3, 0.4) is 0 Å². The molecule has 0 saturated carbocycles. The van der Waals surface area contributed by atoms with Gasteiger partial charge >= 0.3 is 0 Å². The summed E-state index contributed by atoms with van der Waals surface area (Å²) in [5.74, 6) is 0. The smallest absolute Gasteiger partial charge is 0.0859 e. The van der Waals surface area contributed by atoms with Gasteiger partial charge in [-0.15, -0.1) is 0 Å². The van der Waals surface area contributed by atoms with Crippen molar-refractivity contribution in [2.24, 2.45) is 0 Å². The van der Waals surface area contributed by atoms with Crippen LogP contribution in [0.5, 0.6) is 0 Å². The third-order valence-corrected chi connectivity index (χ3v) is 2.50. The quantitative estimate of drug-likeness (QED) is 0.806. The Kier molecular flexibility index (Phi) is 2.56. The van der Waals surface area contributed by atoms with Crippen molar-refractivity contribution in [3.05, 3.63) is 36.2 Å². The number of nitrogens with zero attached hydrogens (tertiary/aromatic N) is 2. The molecule has 0 unspecified atom stereocenters. The Bertz CT molecular complexity index is 480. The molecule has 0 aliphatic rings. The number of hydrogen-bond acceptors (Lipinski definition) is 3. The van der Waals surface area contributed by atoms with Crippen LogP contribution in [0.25, 0.3) is 10.8 Å². The minimum atomic E-state index is -0.0196. The zero-order chi connectivity index (χ0) is 10.8. The van der Waals surface area contributed by atoms with E-state index in [-0.39, 0.29) is 6.61 Å². The molecule has 1 heterocycles. The van der Waals surface area contributed by atoms with Crippen LogP contribution in [0.15, 0.2) is 30.5 Å². The molecule has 3 nitrogen and oxygen atoms in total. The molecule has 0 aliphatic carbocycles. The lowest BCUT2D eigenvalue weighted by molar-refractivity contribution is 0.278. The van der Waals surface area contributed by atoms with E-state index in [4.69, 9.17) is 0 Å². The van der Waals surface area contributed by atoms with E-state index in [1.807, 2.05) is 32.3 Å². The minimum absolute atomic E-state index is 0.0196. The van der Waals surface area contributed by atoms with Crippen LogP contribution in [-0.2, 0) is 6.61 Å². The van der Waals surface area contributed by atoms with Crippen molar-refractivity contribution >= 4 is 16.5 Å². The predicted molar refractivity (Wildman–Crippen MR) is 62.0 cm³/mol. The van der Waals surface area contributed by atoms with Crippen LogP contribution >= 0.6 is 0 Å². The monoisotopic (exact) mass is 202 g/mol. The first-order chi connectivity index (χ1) is 7.24. The summed E-state index contributed by atoms with van der Waals surface area (Å²) >= 11 is 0. The van der Waals surface area contributed by atoms with Crippen molar-refractivity contribution in [2.75, 3.05) is 19.0 Å². The van der Waals surface area contributed by atoms with Gasteiger partial charge in [-0.3, -0.25) is 4.98 Å². The fourth-order valence-corrected chi connectivity index (χ4v) is 1.77. The van der Waals surface area contributed by atoms with Crippen molar-refractivity contribution in [1.29, 1.82) is 0 Å². The van der Waals surface area contributed by atoms with Gasteiger partial charge in [-0.1, -0.05) is 12.1 Å². The molecule has 0 aliphatic heterocycles. The number of rotatable bonds is 2. The Balaban J connectivity index is 2.76. The highest BCUT2D eigenvalue weighted by Crippen LogP contribution is 2.26. The topological polar surface area (TPSA) is 36.4 Å². The fraction of sp³-hybridized carbons (Fsp3) is 0.250. The highest BCUT2D eigenvalue weighted by atomic mass is 16.3. The molecule has 1 aromatic carbocycles. The highest BCUT2D eigenvalue weighted by molar-refractivity contribution is 5.95. The molecular weight excluding hydrogens is 188 g/mol. The Morgan fingerprint density at radius 1 is 1.20 bits per heavy atom. The lowest BCUT2D eigenvalue weighted by Crippen LogP contribution is -2.09. The normalized spacial score (nSPS) is 10.6. The van der Waals surface area contributed by atoms with E-state index >= 15 is 0 Å². The second-order valence-corrected chi connectivity index (χ2v) is 3.68. The molecule has 2 rings (SSSR count). The fourth-order valence-electron chi connectivity index (χ4n) is 1.77. The van der Waals surface area contributed by atoms with Crippen LogP contribution in [-0.4, -0.2) is 24.2 Å². The largest absolute Gasteiger partial charge is 0.390 e. The van der Waals surface area contributed by atoms with Crippen molar-refractivity contribution < 1.29 is 5.11 Å². The number of fused-ring (bicyclic) bond motifs is 1. The van der Waals surface area contributed by atoms with Gasteiger partial charge in [0.05, 0.1) is 12.3 Å². The Labute approximate surface area is 89.0 Å². The molecule has 0 spiro atoms. The lowest BCUT2D eigenvalue weighted by Gasteiger charge is -2.15. The maximum atomic E-state index is 9.19. The molecule has 0 radical (unpaired) electrons. The van der Waals surface area contributed by atoms with Crippen LogP contribution < -0.4 is 4.90 Å². The Morgan fingerprint density at radius 2 is 2.00 bits per heavy atom. The molecule has 15 heavy (non-hydrogen) atoms. The van der Waals surface area contributed by atoms with Crippen molar-refractivity contribution in [3.8, 4) is 0 Å². The average Bonchev–Trinajstić information content (AvgIpc) is 2.27. The summed E-state index contributed by atoms with van der Waals surface area (Å²) in [6.45, 7) is -0.0196. The van der Waals surface area contributed by atoms with Crippen LogP contribution in [0.1, 0.15) is 5.69 Å². The molecule has 1 N–H and O–H groups in total. The van der Waals surface area contributed by atoms with E-state index in [1.165, 1.54) is 0 Å². The molecule has 3 heteroatoms. The molecule has 0 bridgehead atoms. The Hall–Kier alpha value is -1.61. The number of hydrogen-bond donors (Lipinski definition) is 1. The second-order valence-electron chi connectivity index (χ2n) is 3.68. The number of aliphatic hydroxyl groups is 1. The average molecular weight is 202 g/mol. The van der Waals surface area contributed by atoms with Crippen molar-refractivity contribution in [3.63, 3.8) is 0 Å². The second kappa shape index (κ2) is 3.87. The number of benzene rings is 1. The summed E-state index contributed by atoms with van der Waals surface area (Å²) in [5.41, 5.74) is 1.88. The van der Waals surface area contributed by atoms with Gasteiger partial charge in [0.25, 0.3) is 0 Å². The van der Waals surface area contributed by atoms with Gasteiger partial charge in [0.15, 0.2) is 0 Å². The third-order valence-electron chi connectivity index (χ3n) is 2.50. The van der Waals surface area contributed by atoms with E-state index in [0.717, 1.165) is 22.2 Å². The number of aromatic nitrogens is 1. The lowest BCUT2D eigenvalue weighted by atomic mass is 10.1. The predicted octanol–water partition coefficient (Wildman–Crippen LogP) is 1.79. The summed E-state index contributed by atoms with van der Waals surface area (Å²) in [7, 11) is 4.02. The third kappa shape index (κ3) is 1.66. The SMILES string of the molecule is CN(C)c1cccc2c(CO)nccc12. The van der Waals surface area contributed by atoms with Crippen molar-refractivity contribution in [2.45, 2.75) is 6.61 Å². The standard InChI is InChI=1S/C12H14N2O/c1-14(2)12-5-3-4-9-10(12)6-7-13-11(9)8-15/h3-7,15H,8H2,1-2H3. The number of aliphatic hydroxyl groups excluding tert-OH is 1. The maximum Gasteiger partial charge on any atom is 0.0859 e. The molecule has 0 atom stereocenters. The molecule has 0 saturated heterocycles. The van der Waals surface area contributed by atoms with Gasteiger partial charge in [-0.25, -0.2) is 0 Å². The van der Waals surface area contributed by atoms with Crippen molar-refractivity contribution in [1.82, 2.24) is 4.98 Å². The van der Waals surface area contributed by atoms with E-state index in [0.29, 0.717) is 0 Å². The first kappa shape index (κ1) is 9.93. The van der Waals surface area contributed by atoms with Crippen LogP contribution in [0.4, 0.5) is 5.69 Å². The first-order valence-electron chi connectivity index (χ1n) is 4.89. The summed E-state index contributed by atoms with van der Waals surface area (Å²) in [4.78, 5) is 6.22. The van der Waals surface area contributed by atoms with Crippen LogP contribution in [0.2, 0.25) is 0 Å². The molecule has 2 aromatic rings. The number of anilines is 1. The van der Waals surface area contributed by atoms with Gasteiger partial charge in [-0.05, 0) is 12.1 Å². The van der Waals surface area contributed by atoms with E-state index in [1.54, 1.807) is 6.20 Å². The van der Waals surface area contributed by atoms with E-state index in [2.05, 4.69) is 16.0 Å². The summed E-state index contributed by atoms with van der Waals surface area (Å²) in [6.07, 6.45) is 1.74. The molecule has 1 aromatic heterocycles. The van der Waals surface area contributed by atoms with Gasteiger partial charge in [-0.2, -0.15) is 0 Å². The summed E-state index contributed by atoms with van der Waals surface area (Å²) in [5, 5.41) is 11.3. The first-order valence-corrected chi connectivity index (χ1v) is 4.89. The number of pyridine rings is 1. The Morgan fingerprint density at radius 3 is 2.67 bits per heavy atom. The van der Waals surface area contributed by atoms with E-state index in [9.17, 15) is 5.11 Å². The van der Waals surface area contributed by atoms with Gasteiger partial charge in [0.1, 0.15) is 0 Å². The maximum absolute atomic E-state index is 9.19. The van der Waals surface area contributed by atoms with Gasteiger partial charge in [0, 0.05) is 36.8 Å². The minimum Gasteiger partial charge on any atom is -0.390 e. The molecule has 78 valence electrons. The highest BCUT2D eigenvalue weighted by Gasteiger charge is 2.05. The zero-order valence-electron chi connectivity index (χ0n) is 8.94. The summed E-state index contributed by atoms with van der Waals surface area (Å²) < 4.78 is 0. The van der Waals surface area contributed by atoms with E-state index < -0.39 is 0 Å². The van der Waals surface area contributed by atoms with Crippen LogP contribution in [0, 0.1) is 0 Å². The molecule has 0 fully saturated rings. The molecular formula is C12H14N2O. The summed E-state index contributed by atoms with van der Waals surface area (Å²) in [6, 6.07) is 8.01. The van der Waals surface area contributed by atoms with Gasteiger partial charge < -0.3 is 10.0 Å². The zero-order valence-corrected chi connectivity index (χ0v) is 8.94. The van der Waals surface area contributed by atoms with Gasteiger partial charge in [0.2, 0.25) is 0 Å². The molecule has 0 amide bonds.